The average molecular weight is 164 g/mol. The number of halogens is 1. The fraction of sp³-hybridized carbons (Fsp3) is 0.400. The molecule has 0 atom stereocenters. The number of hydrogen-bond acceptors (Lipinski definition) is 0. The van der Waals surface area contributed by atoms with E-state index in [0.717, 1.165) is 11.1 Å². The third kappa shape index (κ3) is 1.68. The van der Waals surface area contributed by atoms with Crippen LogP contribution in [0, 0.1) is 12.7 Å². The van der Waals surface area contributed by atoms with Gasteiger partial charge in [0.2, 0.25) is 0 Å². The zero-order chi connectivity index (χ0) is 9.30. The number of benzene rings is 1. The van der Waals surface area contributed by atoms with Gasteiger partial charge in [0.15, 0.2) is 0 Å². The topological polar surface area (TPSA) is 0 Å². The first-order valence-electron chi connectivity index (χ1n) is 4.29. The van der Waals surface area contributed by atoms with Crippen molar-refractivity contribution in [1.82, 2.24) is 0 Å². The first kappa shape index (κ1) is 9.30. The molecule has 64 valence electrons. The van der Waals surface area contributed by atoms with E-state index in [1.807, 2.05) is 34.7 Å². The Morgan fingerprint density at radius 3 is 2.42 bits per heavy atom. The SMILES string of the molecule is Bc1cc(C(C)C)c(F)cc1C. The minimum atomic E-state index is -0.0758. The van der Waals surface area contributed by atoms with E-state index in [9.17, 15) is 4.39 Å². The van der Waals surface area contributed by atoms with Crippen molar-refractivity contribution in [3.05, 3.63) is 29.1 Å². The molecule has 0 bridgehead atoms. The molecule has 2 heteroatoms. The van der Waals surface area contributed by atoms with E-state index in [2.05, 4.69) is 0 Å². The molecule has 0 saturated carbocycles. The number of aryl methyl sites for hydroxylation is 1. The molecule has 0 radical (unpaired) electrons. The zero-order valence-corrected chi connectivity index (χ0v) is 8.11. The molecule has 0 N–H and O–H groups in total. The van der Waals surface area contributed by atoms with E-state index < -0.39 is 0 Å². The highest BCUT2D eigenvalue weighted by molar-refractivity contribution is 6.33. The van der Waals surface area contributed by atoms with Crippen LogP contribution in [0.25, 0.3) is 0 Å². The zero-order valence-electron chi connectivity index (χ0n) is 8.11. The smallest absolute Gasteiger partial charge is 0.139 e. The summed E-state index contributed by atoms with van der Waals surface area (Å²) in [6.45, 7) is 5.95. The molecule has 0 aliphatic rings. The Labute approximate surface area is 74.2 Å². The van der Waals surface area contributed by atoms with Crippen LogP contribution in [0.15, 0.2) is 12.1 Å². The van der Waals surface area contributed by atoms with Gasteiger partial charge in [-0.2, -0.15) is 0 Å². The van der Waals surface area contributed by atoms with E-state index in [1.54, 1.807) is 6.07 Å². The van der Waals surface area contributed by atoms with Gasteiger partial charge in [-0.3, -0.25) is 0 Å². The van der Waals surface area contributed by atoms with Crippen molar-refractivity contribution in [2.24, 2.45) is 0 Å². The highest BCUT2D eigenvalue weighted by Gasteiger charge is 2.07. The van der Waals surface area contributed by atoms with Crippen molar-refractivity contribution >= 4 is 13.3 Å². The summed E-state index contributed by atoms with van der Waals surface area (Å²) in [6.07, 6.45) is 0. The summed E-state index contributed by atoms with van der Waals surface area (Å²) in [6, 6.07) is 3.56. The summed E-state index contributed by atoms with van der Waals surface area (Å²) >= 11 is 0. The lowest BCUT2D eigenvalue weighted by Crippen LogP contribution is -2.10. The molecule has 0 aliphatic heterocycles. The van der Waals surface area contributed by atoms with Crippen molar-refractivity contribution in [2.75, 3.05) is 0 Å². The molecule has 1 aromatic rings. The quantitative estimate of drug-likeness (QED) is 0.552. The van der Waals surface area contributed by atoms with Gasteiger partial charge in [-0.1, -0.05) is 30.9 Å². The largest absolute Gasteiger partial charge is 0.207 e. The summed E-state index contributed by atoms with van der Waals surface area (Å²) in [5.74, 6) is 0.192. The molecule has 12 heavy (non-hydrogen) atoms. The van der Waals surface area contributed by atoms with Gasteiger partial charge in [0, 0.05) is 0 Å². The first-order valence-corrected chi connectivity index (χ1v) is 4.29. The van der Waals surface area contributed by atoms with E-state index in [-0.39, 0.29) is 11.7 Å². The van der Waals surface area contributed by atoms with Crippen molar-refractivity contribution in [3.8, 4) is 0 Å². The maximum Gasteiger partial charge on any atom is 0.139 e. The van der Waals surface area contributed by atoms with Crippen LogP contribution in [0.4, 0.5) is 4.39 Å². The van der Waals surface area contributed by atoms with Crippen molar-refractivity contribution in [1.29, 1.82) is 0 Å². The predicted octanol–water partition coefficient (Wildman–Crippen LogP) is 1.52. The lowest BCUT2D eigenvalue weighted by molar-refractivity contribution is 0.598. The molecule has 0 spiro atoms. The van der Waals surface area contributed by atoms with E-state index >= 15 is 0 Å². The molecular weight excluding hydrogens is 150 g/mol. The maximum absolute atomic E-state index is 13.3. The van der Waals surface area contributed by atoms with Crippen molar-refractivity contribution < 1.29 is 4.39 Å². The molecular formula is C10H14BF. The Morgan fingerprint density at radius 2 is 1.92 bits per heavy atom. The Hall–Kier alpha value is -0.785. The Balaban J connectivity index is 3.23. The van der Waals surface area contributed by atoms with Gasteiger partial charge >= 0.3 is 0 Å². The third-order valence-corrected chi connectivity index (χ3v) is 2.24. The van der Waals surface area contributed by atoms with Crippen LogP contribution in [-0.4, -0.2) is 7.85 Å². The van der Waals surface area contributed by atoms with Gasteiger partial charge in [-0.05, 0) is 24.5 Å². The van der Waals surface area contributed by atoms with E-state index in [1.165, 1.54) is 5.46 Å². The molecule has 0 nitrogen and oxygen atoms in total. The predicted molar refractivity (Wildman–Crippen MR) is 53.4 cm³/mol. The maximum atomic E-state index is 13.3. The van der Waals surface area contributed by atoms with Gasteiger partial charge in [0.05, 0.1) is 0 Å². The third-order valence-electron chi connectivity index (χ3n) is 2.24. The van der Waals surface area contributed by atoms with Gasteiger partial charge < -0.3 is 0 Å². The Bertz CT molecular complexity index is 292. The second kappa shape index (κ2) is 3.30. The highest BCUT2D eigenvalue weighted by Crippen LogP contribution is 2.17. The molecule has 0 heterocycles. The lowest BCUT2D eigenvalue weighted by atomic mass is 9.87. The Morgan fingerprint density at radius 1 is 1.33 bits per heavy atom. The Kier molecular flexibility index (Phi) is 2.56. The number of rotatable bonds is 1. The summed E-state index contributed by atoms with van der Waals surface area (Å²) in [5, 5.41) is 0. The molecule has 0 aliphatic carbocycles. The van der Waals surface area contributed by atoms with Gasteiger partial charge in [-0.25, -0.2) is 4.39 Å². The van der Waals surface area contributed by atoms with Crippen LogP contribution < -0.4 is 5.46 Å². The fourth-order valence-electron chi connectivity index (χ4n) is 1.25. The van der Waals surface area contributed by atoms with Gasteiger partial charge in [0.25, 0.3) is 0 Å². The van der Waals surface area contributed by atoms with Crippen LogP contribution in [0.5, 0.6) is 0 Å². The fourth-order valence-corrected chi connectivity index (χ4v) is 1.25. The summed E-state index contributed by atoms with van der Waals surface area (Å²) < 4.78 is 13.3. The molecule has 0 amide bonds. The summed E-state index contributed by atoms with van der Waals surface area (Å²) in [7, 11) is 2.01. The highest BCUT2D eigenvalue weighted by atomic mass is 19.1. The van der Waals surface area contributed by atoms with Crippen LogP contribution in [0.2, 0.25) is 0 Å². The molecule has 1 rings (SSSR count). The number of hydrogen-bond donors (Lipinski definition) is 0. The van der Waals surface area contributed by atoms with Gasteiger partial charge in [0.1, 0.15) is 13.7 Å². The lowest BCUT2D eigenvalue weighted by Gasteiger charge is -2.09. The van der Waals surface area contributed by atoms with Crippen molar-refractivity contribution in [2.45, 2.75) is 26.7 Å². The van der Waals surface area contributed by atoms with Crippen LogP contribution in [0.1, 0.15) is 30.9 Å². The monoisotopic (exact) mass is 164 g/mol. The summed E-state index contributed by atoms with van der Waals surface area (Å²) in [5.41, 5.74) is 3.01. The first-order chi connectivity index (χ1) is 5.52. The second-order valence-electron chi connectivity index (χ2n) is 3.61. The van der Waals surface area contributed by atoms with E-state index in [4.69, 9.17) is 0 Å². The molecule has 0 saturated heterocycles. The minimum absolute atomic E-state index is 0.0758. The summed E-state index contributed by atoms with van der Waals surface area (Å²) in [4.78, 5) is 0. The average Bonchev–Trinajstić information content (AvgIpc) is 1.96. The van der Waals surface area contributed by atoms with Crippen LogP contribution in [-0.2, 0) is 0 Å². The minimum Gasteiger partial charge on any atom is -0.207 e. The molecule has 0 aromatic heterocycles. The van der Waals surface area contributed by atoms with E-state index in [0.29, 0.717) is 0 Å². The standard InChI is InChI=1S/C10H14BF/c1-6(2)8-5-9(11)7(3)4-10(8)12/h4-6H,11H2,1-3H3. The normalized spacial score (nSPS) is 10.8. The second-order valence-corrected chi connectivity index (χ2v) is 3.61. The van der Waals surface area contributed by atoms with Crippen LogP contribution >= 0.6 is 0 Å². The van der Waals surface area contributed by atoms with Gasteiger partial charge in [-0.15, -0.1) is 0 Å². The molecule has 1 aromatic carbocycles. The molecule has 0 fully saturated rings. The van der Waals surface area contributed by atoms with Crippen molar-refractivity contribution in [3.63, 3.8) is 0 Å². The van der Waals surface area contributed by atoms with Crippen LogP contribution in [0.3, 0.4) is 0 Å². The molecule has 0 unspecified atom stereocenters.